The number of amides is 3. The van der Waals surface area contributed by atoms with Crippen LogP contribution in [0.2, 0.25) is 5.02 Å². The Balaban J connectivity index is 2.13. The molecular formula is C17H20ClN3O3. The maximum Gasteiger partial charge on any atom is 0.319 e. The number of furan rings is 1. The molecule has 0 saturated heterocycles. The summed E-state index contributed by atoms with van der Waals surface area (Å²) in [5.74, 6) is 1.20. The van der Waals surface area contributed by atoms with E-state index in [1.54, 1.807) is 38.4 Å². The fraction of sp³-hybridized carbons (Fsp3) is 0.294. The maximum absolute atomic E-state index is 12.2. The van der Waals surface area contributed by atoms with Crippen molar-refractivity contribution < 1.29 is 14.0 Å². The lowest BCUT2D eigenvalue weighted by Crippen LogP contribution is -2.32. The van der Waals surface area contributed by atoms with Gasteiger partial charge >= 0.3 is 6.03 Å². The van der Waals surface area contributed by atoms with Gasteiger partial charge < -0.3 is 20.0 Å². The smallest absolute Gasteiger partial charge is 0.319 e. The minimum Gasteiger partial charge on any atom is -0.464 e. The van der Waals surface area contributed by atoms with Crippen molar-refractivity contribution in [1.29, 1.82) is 0 Å². The van der Waals surface area contributed by atoms with E-state index in [0.29, 0.717) is 22.0 Å². The number of hydrogen-bond donors (Lipinski definition) is 2. The van der Waals surface area contributed by atoms with Gasteiger partial charge in [-0.1, -0.05) is 11.6 Å². The van der Waals surface area contributed by atoms with E-state index in [4.69, 9.17) is 16.0 Å². The van der Waals surface area contributed by atoms with E-state index in [1.165, 1.54) is 4.90 Å². The summed E-state index contributed by atoms with van der Waals surface area (Å²) in [5.41, 5.74) is 0.711. The van der Waals surface area contributed by atoms with Gasteiger partial charge in [-0.25, -0.2) is 4.79 Å². The molecule has 0 bridgehead atoms. The van der Waals surface area contributed by atoms with Crippen LogP contribution in [0, 0.1) is 6.92 Å². The lowest BCUT2D eigenvalue weighted by molar-refractivity contribution is 0.0828. The van der Waals surface area contributed by atoms with Gasteiger partial charge in [0.1, 0.15) is 11.5 Å². The minimum absolute atomic E-state index is 0.225. The molecule has 1 heterocycles. The molecule has 2 rings (SSSR count). The van der Waals surface area contributed by atoms with Crippen molar-refractivity contribution >= 4 is 29.2 Å². The van der Waals surface area contributed by atoms with Gasteiger partial charge in [0.2, 0.25) is 0 Å². The van der Waals surface area contributed by atoms with Gasteiger partial charge in [0.15, 0.2) is 0 Å². The lowest BCUT2D eigenvalue weighted by Gasteiger charge is -2.17. The molecule has 1 aromatic heterocycles. The number of rotatable bonds is 4. The quantitative estimate of drug-likeness (QED) is 0.881. The third-order valence-electron chi connectivity index (χ3n) is 3.40. The second-order valence-electron chi connectivity index (χ2n) is 5.66. The summed E-state index contributed by atoms with van der Waals surface area (Å²) < 4.78 is 5.48. The van der Waals surface area contributed by atoms with Crippen molar-refractivity contribution in [2.45, 2.75) is 19.9 Å². The minimum atomic E-state index is -0.452. The van der Waals surface area contributed by atoms with E-state index >= 15 is 0 Å². The highest BCUT2D eigenvalue weighted by Crippen LogP contribution is 2.23. The highest BCUT2D eigenvalue weighted by Gasteiger charge is 2.17. The third kappa shape index (κ3) is 4.29. The fourth-order valence-electron chi connectivity index (χ4n) is 2.16. The molecule has 2 N–H and O–H groups in total. The van der Waals surface area contributed by atoms with Crippen molar-refractivity contribution in [2.24, 2.45) is 0 Å². The van der Waals surface area contributed by atoms with Crippen LogP contribution in [-0.2, 0) is 0 Å². The molecule has 3 amide bonds. The van der Waals surface area contributed by atoms with Gasteiger partial charge in [-0.05, 0) is 44.2 Å². The summed E-state index contributed by atoms with van der Waals surface area (Å²) in [7, 11) is 3.28. The Bertz CT molecular complexity index is 755. The molecule has 2 aromatic rings. The van der Waals surface area contributed by atoms with Crippen molar-refractivity contribution in [1.82, 2.24) is 10.2 Å². The van der Waals surface area contributed by atoms with Gasteiger partial charge in [-0.3, -0.25) is 4.79 Å². The molecule has 0 radical (unpaired) electrons. The first kappa shape index (κ1) is 17.9. The molecule has 24 heavy (non-hydrogen) atoms. The van der Waals surface area contributed by atoms with Crippen LogP contribution in [0.15, 0.2) is 34.7 Å². The Morgan fingerprint density at radius 2 is 1.92 bits per heavy atom. The topological polar surface area (TPSA) is 74.6 Å². The van der Waals surface area contributed by atoms with E-state index in [2.05, 4.69) is 10.6 Å². The number of urea groups is 1. The Kier molecular flexibility index (Phi) is 5.51. The summed E-state index contributed by atoms with van der Waals surface area (Å²) in [6.45, 7) is 3.64. The van der Waals surface area contributed by atoms with Crippen LogP contribution in [0.3, 0.4) is 0 Å². The molecule has 128 valence electrons. The van der Waals surface area contributed by atoms with Crippen molar-refractivity contribution in [3.05, 3.63) is 52.4 Å². The predicted molar refractivity (Wildman–Crippen MR) is 93.5 cm³/mol. The average Bonchev–Trinajstić information content (AvgIpc) is 2.93. The van der Waals surface area contributed by atoms with Crippen molar-refractivity contribution in [2.75, 3.05) is 19.4 Å². The standard InChI is InChI=1S/C17H20ClN3O3/c1-10-5-8-15(24-10)11(2)19-17(23)20-14-9-12(18)6-7-13(14)16(22)21(3)4/h5-9,11H,1-4H3,(H2,19,20,23). The molecule has 0 spiro atoms. The average molecular weight is 350 g/mol. The molecule has 7 heteroatoms. The summed E-state index contributed by atoms with van der Waals surface area (Å²) in [5, 5.41) is 5.86. The second-order valence-corrected chi connectivity index (χ2v) is 6.09. The van der Waals surface area contributed by atoms with Crippen LogP contribution < -0.4 is 10.6 Å². The number of halogens is 1. The van der Waals surface area contributed by atoms with Gasteiger partial charge in [-0.2, -0.15) is 0 Å². The van der Waals surface area contributed by atoms with Crippen LogP contribution >= 0.6 is 11.6 Å². The van der Waals surface area contributed by atoms with Crippen molar-refractivity contribution in [3.8, 4) is 0 Å². The Hall–Kier alpha value is -2.47. The van der Waals surface area contributed by atoms with E-state index in [9.17, 15) is 9.59 Å². The highest BCUT2D eigenvalue weighted by molar-refractivity contribution is 6.31. The summed E-state index contributed by atoms with van der Waals surface area (Å²) >= 11 is 5.98. The normalized spacial score (nSPS) is 11.7. The lowest BCUT2D eigenvalue weighted by atomic mass is 10.1. The highest BCUT2D eigenvalue weighted by atomic mass is 35.5. The molecule has 1 atom stereocenters. The maximum atomic E-state index is 12.2. The van der Waals surface area contributed by atoms with Crippen LogP contribution in [0.1, 0.15) is 34.8 Å². The van der Waals surface area contributed by atoms with Crippen LogP contribution in [0.25, 0.3) is 0 Å². The first-order valence-electron chi connectivity index (χ1n) is 7.43. The summed E-state index contributed by atoms with van der Waals surface area (Å²) in [6, 6.07) is 7.60. The number of nitrogens with one attached hydrogen (secondary N) is 2. The largest absolute Gasteiger partial charge is 0.464 e. The molecular weight excluding hydrogens is 330 g/mol. The Morgan fingerprint density at radius 1 is 1.21 bits per heavy atom. The Labute approximate surface area is 145 Å². The first-order chi connectivity index (χ1) is 11.3. The van der Waals surface area contributed by atoms with E-state index in [-0.39, 0.29) is 11.9 Å². The second kappa shape index (κ2) is 7.40. The van der Waals surface area contributed by atoms with Crippen molar-refractivity contribution in [3.63, 3.8) is 0 Å². The van der Waals surface area contributed by atoms with Crippen LogP contribution in [0.4, 0.5) is 10.5 Å². The molecule has 1 aromatic carbocycles. The number of hydrogen-bond acceptors (Lipinski definition) is 3. The number of carbonyl (C=O) groups is 2. The van der Waals surface area contributed by atoms with Crippen LogP contribution in [-0.4, -0.2) is 30.9 Å². The number of anilines is 1. The number of carbonyl (C=O) groups excluding carboxylic acids is 2. The first-order valence-corrected chi connectivity index (χ1v) is 7.80. The zero-order valence-corrected chi connectivity index (χ0v) is 14.8. The van der Waals surface area contributed by atoms with E-state index < -0.39 is 6.03 Å². The van der Waals surface area contributed by atoms with E-state index in [0.717, 1.165) is 5.76 Å². The predicted octanol–water partition coefficient (Wildman–Crippen LogP) is 3.83. The van der Waals surface area contributed by atoms with Crippen LogP contribution in [0.5, 0.6) is 0 Å². The number of benzene rings is 1. The third-order valence-corrected chi connectivity index (χ3v) is 3.64. The molecule has 0 aliphatic rings. The molecule has 0 aliphatic heterocycles. The molecule has 1 unspecified atom stereocenters. The molecule has 0 aliphatic carbocycles. The zero-order valence-electron chi connectivity index (χ0n) is 14.0. The Morgan fingerprint density at radius 3 is 2.50 bits per heavy atom. The van der Waals surface area contributed by atoms with Gasteiger partial charge in [0, 0.05) is 19.1 Å². The van der Waals surface area contributed by atoms with Gasteiger partial charge in [0.25, 0.3) is 5.91 Å². The van der Waals surface area contributed by atoms with E-state index in [1.807, 2.05) is 19.9 Å². The number of aryl methyl sites for hydroxylation is 1. The molecule has 0 fully saturated rings. The van der Waals surface area contributed by atoms with Gasteiger partial charge in [0.05, 0.1) is 17.3 Å². The number of nitrogens with zero attached hydrogens (tertiary/aromatic N) is 1. The summed E-state index contributed by atoms with van der Waals surface area (Å²) in [6.07, 6.45) is 0. The monoisotopic (exact) mass is 349 g/mol. The molecule has 0 saturated carbocycles. The zero-order chi connectivity index (χ0) is 17.9. The fourth-order valence-corrected chi connectivity index (χ4v) is 2.33. The summed E-state index contributed by atoms with van der Waals surface area (Å²) in [4.78, 5) is 25.9. The SMILES string of the molecule is Cc1ccc(C(C)NC(=O)Nc2cc(Cl)ccc2C(=O)N(C)C)o1. The molecule has 6 nitrogen and oxygen atoms in total. The van der Waals surface area contributed by atoms with Gasteiger partial charge in [-0.15, -0.1) is 0 Å².